The summed E-state index contributed by atoms with van der Waals surface area (Å²) in [5.41, 5.74) is 1.55. The highest BCUT2D eigenvalue weighted by Crippen LogP contribution is 2.25. The van der Waals surface area contributed by atoms with Crippen molar-refractivity contribution in [2.75, 3.05) is 12.4 Å². The van der Waals surface area contributed by atoms with Gasteiger partial charge in [-0.25, -0.2) is 4.79 Å². The molecule has 0 spiro atoms. The molecule has 2 aromatic rings. The number of carbonyl (C=O) groups is 1. The smallest absolute Gasteiger partial charge is 0.337 e. The molecule has 0 amide bonds. The molecule has 0 aliphatic rings. The van der Waals surface area contributed by atoms with Gasteiger partial charge in [0.1, 0.15) is 5.75 Å². The molecule has 0 saturated heterocycles. The summed E-state index contributed by atoms with van der Waals surface area (Å²) in [6.45, 7) is 0. The zero-order chi connectivity index (χ0) is 13.8. The van der Waals surface area contributed by atoms with Crippen molar-refractivity contribution in [3.05, 3.63) is 52.5 Å². The number of hydrogen-bond acceptors (Lipinski definition) is 3. The lowest BCUT2D eigenvalue weighted by molar-refractivity contribution is 0.0698. The summed E-state index contributed by atoms with van der Waals surface area (Å²) in [5.74, 6) is -0.225. The molecule has 0 aromatic heterocycles. The highest BCUT2D eigenvalue weighted by Gasteiger charge is 2.10. The first-order valence-electron chi connectivity index (χ1n) is 5.54. The molecule has 0 fully saturated rings. The summed E-state index contributed by atoms with van der Waals surface area (Å²) in [6, 6.07) is 12.3. The Hall–Kier alpha value is -2.01. The van der Waals surface area contributed by atoms with Gasteiger partial charge in [-0.2, -0.15) is 0 Å². The first-order valence-corrected chi connectivity index (χ1v) is 6.33. The topological polar surface area (TPSA) is 58.6 Å². The van der Waals surface area contributed by atoms with Crippen LogP contribution in [0.5, 0.6) is 5.75 Å². The minimum atomic E-state index is -0.975. The van der Waals surface area contributed by atoms with Crippen LogP contribution in [0.1, 0.15) is 10.4 Å². The Labute approximate surface area is 119 Å². The predicted molar refractivity (Wildman–Crippen MR) is 77.4 cm³/mol. The van der Waals surface area contributed by atoms with E-state index < -0.39 is 5.97 Å². The van der Waals surface area contributed by atoms with Crippen LogP contribution in [0.25, 0.3) is 0 Å². The first kappa shape index (κ1) is 13.4. The van der Waals surface area contributed by atoms with Gasteiger partial charge in [-0.3, -0.25) is 0 Å². The highest BCUT2D eigenvalue weighted by molar-refractivity contribution is 9.10. The van der Waals surface area contributed by atoms with Gasteiger partial charge in [0.15, 0.2) is 0 Å². The van der Waals surface area contributed by atoms with Crippen LogP contribution >= 0.6 is 15.9 Å². The van der Waals surface area contributed by atoms with Crippen molar-refractivity contribution in [2.45, 2.75) is 0 Å². The molecule has 0 heterocycles. The van der Waals surface area contributed by atoms with E-state index in [1.807, 2.05) is 24.3 Å². The van der Waals surface area contributed by atoms with Gasteiger partial charge in [0, 0.05) is 10.2 Å². The van der Waals surface area contributed by atoms with Crippen LogP contribution in [0.3, 0.4) is 0 Å². The number of anilines is 2. The van der Waals surface area contributed by atoms with E-state index in [2.05, 4.69) is 21.2 Å². The molecule has 2 aromatic carbocycles. The lowest BCUT2D eigenvalue weighted by Crippen LogP contribution is -2.02. The second-order valence-corrected chi connectivity index (χ2v) is 4.76. The Morgan fingerprint density at radius 3 is 2.47 bits per heavy atom. The number of carboxylic acids is 1. The number of carboxylic acid groups (broad SMARTS) is 1. The summed E-state index contributed by atoms with van der Waals surface area (Å²) >= 11 is 3.26. The van der Waals surface area contributed by atoms with Crippen LogP contribution < -0.4 is 10.1 Å². The minimum Gasteiger partial charge on any atom is -0.497 e. The van der Waals surface area contributed by atoms with Gasteiger partial charge in [0.05, 0.1) is 18.4 Å². The molecule has 2 N–H and O–H groups in total. The third-order valence-electron chi connectivity index (χ3n) is 2.58. The van der Waals surface area contributed by atoms with E-state index >= 15 is 0 Å². The van der Waals surface area contributed by atoms with Crippen LogP contribution in [0, 0.1) is 0 Å². The van der Waals surface area contributed by atoms with Crippen molar-refractivity contribution < 1.29 is 14.6 Å². The fraction of sp³-hybridized carbons (Fsp3) is 0.0714. The number of aromatic carboxylic acids is 1. The maximum Gasteiger partial charge on any atom is 0.337 e. The Morgan fingerprint density at radius 2 is 1.89 bits per heavy atom. The molecule has 2 rings (SSSR count). The first-order chi connectivity index (χ1) is 9.10. The monoisotopic (exact) mass is 321 g/mol. The molecule has 0 bridgehead atoms. The molecule has 0 atom stereocenters. The molecule has 0 aliphatic carbocycles. The lowest BCUT2D eigenvalue weighted by atomic mass is 10.1. The number of rotatable bonds is 4. The molecule has 5 heteroatoms. The van der Waals surface area contributed by atoms with Crippen molar-refractivity contribution in [1.82, 2.24) is 0 Å². The summed E-state index contributed by atoms with van der Waals surface area (Å²) in [4.78, 5) is 11.2. The van der Waals surface area contributed by atoms with Gasteiger partial charge < -0.3 is 15.2 Å². The Morgan fingerprint density at radius 1 is 1.21 bits per heavy atom. The Kier molecular flexibility index (Phi) is 4.06. The van der Waals surface area contributed by atoms with Crippen LogP contribution in [-0.2, 0) is 0 Å². The molecular formula is C14H12BrNO3. The fourth-order valence-corrected chi connectivity index (χ4v) is 1.99. The van der Waals surface area contributed by atoms with Crippen LogP contribution in [-0.4, -0.2) is 18.2 Å². The summed E-state index contributed by atoms with van der Waals surface area (Å²) in [5, 5.41) is 12.2. The third-order valence-corrected chi connectivity index (χ3v) is 3.07. The van der Waals surface area contributed by atoms with E-state index in [1.54, 1.807) is 25.3 Å². The molecule has 0 saturated carbocycles. The summed E-state index contributed by atoms with van der Waals surface area (Å²) in [6.07, 6.45) is 0. The second kappa shape index (κ2) is 5.75. The van der Waals surface area contributed by atoms with Crippen molar-refractivity contribution in [3.8, 4) is 5.75 Å². The summed E-state index contributed by atoms with van der Waals surface area (Å²) in [7, 11) is 1.60. The average Bonchev–Trinajstić information content (AvgIpc) is 2.41. The van der Waals surface area contributed by atoms with E-state index in [9.17, 15) is 4.79 Å². The number of hydrogen-bond donors (Lipinski definition) is 2. The molecule has 98 valence electrons. The number of halogens is 1. The van der Waals surface area contributed by atoms with E-state index in [1.165, 1.54) is 0 Å². The zero-order valence-corrected chi connectivity index (χ0v) is 11.8. The largest absolute Gasteiger partial charge is 0.497 e. The van der Waals surface area contributed by atoms with E-state index in [0.717, 1.165) is 15.9 Å². The van der Waals surface area contributed by atoms with Crippen molar-refractivity contribution in [2.24, 2.45) is 0 Å². The van der Waals surface area contributed by atoms with Crippen molar-refractivity contribution in [1.29, 1.82) is 0 Å². The van der Waals surface area contributed by atoms with Gasteiger partial charge >= 0.3 is 5.97 Å². The van der Waals surface area contributed by atoms with Gasteiger partial charge in [-0.1, -0.05) is 15.9 Å². The average molecular weight is 322 g/mol. The van der Waals surface area contributed by atoms with Crippen LogP contribution in [0.15, 0.2) is 46.9 Å². The fourth-order valence-electron chi connectivity index (χ4n) is 1.63. The van der Waals surface area contributed by atoms with Gasteiger partial charge in [0.2, 0.25) is 0 Å². The molecular weight excluding hydrogens is 310 g/mol. The third kappa shape index (κ3) is 3.26. The van der Waals surface area contributed by atoms with Gasteiger partial charge in [-0.05, 0) is 42.5 Å². The van der Waals surface area contributed by atoms with E-state index in [-0.39, 0.29) is 5.56 Å². The molecule has 4 nitrogen and oxygen atoms in total. The number of methoxy groups -OCH3 is 1. The van der Waals surface area contributed by atoms with E-state index in [0.29, 0.717) is 5.69 Å². The standard InChI is InChI=1S/C14H12BrNO3/c1-19-11-5-3-10(4-6-11)16-13-7-2-9(15)8-12(13)14(17)18/h2-8,16H,1H3,(H,17,18). The maximum absolute atomic E-state index is 11.2. The Balaban J connectivity index is 2.29. The number of benzene rings is 2. The normalized spacial score (nSPS) is 10.0. The Bertz CT molecular complexity index is 596. The zero-order valence-electron chi connectivity index (χ0n) is 10.2. The van der Waals surface area contributed by atoms with Crippen LogP contribution in [0.2, 0.25) is 0 Å². The quantitative estimate of drug-likeness (QED) is 0.896. The highest BCUT2D eigenvalue weighted by atomic mass is 79.9. The lowest BCUT2D eigenvalue weighted by Gasteiger charge is -2.10. The molecule has 0 unspecified atom stereocenters. The molecule has 0 aliphatic heterocycles. The second-order valence-electron chi connectivity index (χ2n) is 3.85. The van der Waals surface area contributed by atoms with Gasteiger partial charge in [-0.15, -0.1) is 0 Å². The molecule has 19 heavy (non-hydrogen) atoms. The number of nitrogens with one attached hydrogen (secondary N) is 1. The van der Waals surface area contributed by atoms with E-state index in [4.69, 9.17) is 9.84 Å². The SMILES string of the molecule is COc1ccc(Nc2ccc(Br)cc2C(=O)O)cc1. The minimum absolute atomic E-state index is 0.213. The summed E-state index contributed by atoms with van der Waals surface area (Å²) < 4.78 is 5.80. The van der Waals surface area contributed by atoms with Crippen molar-refractivity contribution in [3.63, 3.8) is 0 Å². The number of ether oxygens (including phenoxy) is 1. The molecule has 0 radical (unpaired) electrons. The predicted octanol–water partition coefficient (Wildman–Crippen LogP) is 3.90. The van der Waals surface area contributed by atoms with Crippen molar-refractivity contribution >= 4 is 33.3 Å². The van der Waals surface area contributed by atoms with Gasteiger partial charge in [0.25, 0.3) is 0 Å². The maximum atomic E-state index is 11.2. The van der Waals surface area contributed by atoms with Crippen LogP contribution in [0.4, 0.5) is 11.4 Å².